The van der Waals surface area contributed by atoms with Crippen molar-refractivity contribution in [3.63, 3.8) is 0 Å². The van der Waals surface area contributed by atoms with Gasteiger partial charge in [0.05, 0.1) is 16.1 Å². The molecule has 2 aliphatic rings. The summed E-state index contributed by atoms with van der Waals surface area (Å²) in [6, 6.07) is 11.0. The van der Waals surface area contributed by atoms with Crippen LogP contribution in [0.2, 0.25) is 5.02 Å². The molecule has 0 unspecified atom stereocenters. The Hall–Kier alpha value is -2.60. The Kier molecular flexibility index (Phi) is 5.46. The number of anilines is 1. The normalized spacial score (nSPS) is 17.6. The molecule has 0 aromatic heterocycles. The molecule has 0 saturated heterocycles. The van der Waals surface area contributed by atoms with Gasteiger partial charge in [0.1, 0.15) is 5.82 Å². The molecule has 3 N–H and O–H groups in total. The van der Waals surface area contributed by atoms with E-state index >= 15 is 0 Å². The van der Waals surface area contributed by atoms with Crippen LogP contribution in [0.15, 0.2) is 42.5 Å². The van der Waals surface area contributed by atoms with Gasteiger partial charge in [-0.1, -0.05) is 36.6 Å². The fourth-order valence-corrected chi connectivity index (χ4v) is 4.08. The Balaban J connectivity index is 1.48. The second-order valence-electron chi connectivity index (χ2n) is 7.82. The molecule has 2 aromatic rings. The molecule has 0 atom stereocenters. The third-order valence-electron chi connectivity index (χ3n) is 5.59. The van der Waals surface area contributed by atoms with Crippen molar-refractivity contribution < 1.29 is 14.0 Å². The molecular formula is C22H23ClFN3O2. The van der Waals surface area contributed by atoms with Gasteiger partial charge in [-0.15, -0.1) is 0 Å². The van der Waals surface area contributed by atoms with Crippen molar-refractivity contribution in [2.24, 2.45) is 0 Å². The van der Waals surface area contributed by atoms with E-state index in [1.54, 1.807) is 30.3 Å². The van der Waals surface area contributed by atoms with Gasteiger partial charge in [0.25, 0.3) is 5.91 Å². The monoisotopic (exact) mass is 415 g/mol. The molecule has 4 rings (SSSR count). The average Bonchev–Trinajstić information content (AvgIpc) is 3.38. The third-order valence-corrected chi connectivity index (χ3v) is 5.92. The Labute approximate surface area is 174 Å². The molecule has 0 spiro atoms. The van der Waals surface area contributed by atoms with Crippen molar-refractivity contribution in [3.05, 3.63) is 64.4 Å². The highest BCUT2D eigenvalue weighted by Gasteiger charge is 2.37. The molecule has 29 heavy (non-hydrogen) atoms. The minimum atomic E-state index is -0.517. The SMILES string of the molecule is O=C(Nc1ccc(Cl)c(C(=O)NC2CC2)c1)NC1(c2ccc(F)cc2)CCCC1. The smallest absolute Gasteiger partial charge is 0.319 e. The van der Waals surface area contributed by atoms with E-state index in [1.165, 1.54) is 12.1 Å². The van der Waals surface area contributed by atoms with Crippen molar-refractivity contribution in [1.29, 1.82) is 0 Å². The van der Waals surface area contributed by atoms with Gasteiger partial charge < -0.3 is 16.0 Å². The first-order valence-corrected chi connectivity index (χ1v) is 10.3. The van der Waals surface area contributed by atoms with E-state index in [2.05, 4.69) is 16.0 Å². The number of amides is 3. The average molecular weight is 416 g/mol. The predicted molar refractivity (Wildman–Crippen MR) is 111 cm³/mol. The van der Waals surface area contributed by atoms with Crippen molar-refractivity contribution in [3.8, 4) is 0 Å². The lowest BCUT2D eigenvalue weighted by Crippen LogP contribution is -2.45. The van der Waals surface area contributed by atoms with E-state index in [1.807, 2.05) is 0 Å². The van der Waals surface area contributed by atoms with E-state index in [4.69, 9.17) is 11.6 Å². The van der Waals surface area contributed by atoms with Crippen molar-refractivity contribution >= 4 is 29.2 Å². The predicted octanol–water partition coefficient (Wildman–Crippen LogP) is 4.96. The van der Waals surface area contributed by atoms with Crippen LogP contribution in [0.5, 0.6) is 0 Å². The molecule has 3 amide bonds. The highest BCUT2D eigenvalue weighted by atomic mass is 35.5. The minimum Gasteiger partial charge on any atom is -0.349 e. The van der Waals surface area contributed by atoms with Crippen LogP contribution < -0.4 is 16.0 Å². The largest absolute Gasteiger partial charge is 0.349 e. The first kappa shape index (κ1) is 19.7. The summed E-state index contributed by atoms with van der Waals surface area (Å²) in [5, 5.41) is 9.12. The Morgan fingerprint density at radius 3 is 2.38 bits per heavy atom. The van der Waals surface area contributed by atoms with Gasteiger partial charge >= 0.3 is 6.03 Å². The molecule has 5 nitrogen and oxygen atoms in total. The van der Waals surface area contributed by atoms with Gasteiger partial charge in [-0.05, 0) is 61.6 Å². The first-order chi connectivity index (χ1) is 13.9. The Morgan fingerprint density at radius 1 is 1.03 bits per heavy atom. The van der Waals surface area contributed by atoms with Crippen LogP contribution in [0, 0.1) is 5.82 Å². The zero-order valence-corrected chi connectivity index (χ0v) is 16.7. The standard InChI is InChI=1S/C22H23ClFN3O2/c23-19-10-9-17(13-18(19)20(28)25-16-7-8-16)26-21(29)27-22(11-1-2-12-22)14-3-5-15(24)6-4-14/h3-6,9-10,13,16H,1-2,7-8,11-12H2,(H,25,28)(H2,26,27,29). The Bertz CT molecular complexity index is 922. The van der Waals surface area contributed by atoms with E-state index < -0.39 is 5.54 Å². The van der Waals surface area contributed by atoms with E-state index in [-0.39, 0.29) is 23.8 Å². The van der Waals surface area contributed by atoms with E-state index in [0.717, 1.165) is 44.1 Å². The van der Waals surface area contributed by atoms with Gasteiger partial charge in [-0.25, -0.2) is 9.18 Å². The van der Waals surface area contributed by atoms with Crippen molar-refractivity contribution in [2.75, 3.05) is 5.32 Å². The fraction of sp³-hybridized carbons (Fsp3) is 0.364. The van der Waals surface area contributed by atoms with Gasteiger partial charge in [0.15, 0.2) is 0 Å². The molecule has 0 heterocycles. The van der Waals surface area contributed by atoms with Crippen LogP contribution in [0.3, 0.4) is 0 Å². The number of carbonyl (C=O) groups excluding carboxylic acids is 2. The molecule has 2 aliphatic carbocycles. The highest BCUT2D eigenvalue weighted by molar-refractivity contribution is 6.34. The number of benzene rings is 2. The van der Waals surface area contributed by atoms with Crippen molar-refractivity contribution in [2.45, 2.75) is 50.1 Å². The van der Waals surface area contributed by atoms with Gasteiger partial charge in [-0.2, -0.15) is 0 Å². The highest BCUT2D eigenvalue weighted by Crippen LogP contribution is 2.39. The summed E-state index contributed by atoms with van der Waals surface area (Å²) in [5.41, 5.74) is 1.20. The van der Waals surface area contributed by atoms with E-state index in [0.29, 0.717) is 16.3 Å². The summed E-state index contributed by atoms with van der Waals surface area (Å²) in [6.45, 7) is 0. The molecule has 2 fully saturated rings. The second kappa shape index (κ2) is 8.03. The summed E-state index contributed by atoms with van der Waals surface area (Å²) in [5.74, 6) is -0.537. The number of urea groups is 1. The number of rotatable bonds is 5. The van der Waals surface area contributed by atoms with Crippen LogP contribution in [0.25, 0.3) is 0 Å². The zero-order chi connectivity index (χ0) is 20.4. The molecule has 0 radical (unpaired) electrons. The lowest BCUT2D eigenvalue weighted by Gasteiger charge is -2.31. The van der Waals surface area contributed by atoms with Gasteiger partial charge in [-0.3, -0.25) is 4.79 Å². The number of nitrogens with one attached hydrogen (secondary N) is 3. The summed E-state index contributed by atoms with van der Waals surface area (Å²) < 4.78 is 13.3. The summed E-state index contributed by atoms with van der Waals surface area (Å²) in [7, 11) is 0. The Morgan fingerprint density at radius 2 is 1.72 bits per heavy atom. The maximum Gasteiger partial charge on any atom is 0.319 e. The molecule has 0 aliphatic heterocycles. The second-order valence-corrected chi connectivity index (χ2v) is 8.22. The molecule has 2 aromatic carbocycles. The minimum absolute atomic E-state index is 0.219. The molecule has 7 heteroatoms. The quantitative estimate of drug-likeness (QED) is 0.645. The summed E-state index contributed by atoms with van der Waals surface area (Å²) in [6.07, 6.45) is 5.53. The van der Waals surface area contributed by atoms with E-state index in [9.17, 15) is 14.0 Å². The lowest BCUT2D eigenvalue weighted by molar-refractivity contribution is 0.0951. The first-order valence-electron chi connectivity index (χ1n) is 9.91. The maximum atomic E-state index is 13.3. The molecule has 2 saturated carbocycles. The summed E-state index contributed by atoms with van der Waals surface area (Å²) >= 11 is 6.16. The number of carbonyl (C=O) groups is 2. The number of halogens is 2. The molecule has 152 valence electrons. The van der Waals surface area contributed by atoms with Crippen LogP contribution in [0.4, 0.5) is 14.9 Å². The topological polar surface area (TPSA) is 70.2 Å². The van der Waals surface area contributed by atoms with Crippen molar-refractivity contribution in [1.82, 2.24) is 10.6 Å². The number of hydrogen-bond donors (Lipinski definition) is 3. The van der Waals surface area contributed by atoms with Crippen LogP contribution >= 0.6 is 11.6 Å². The number of hydrogen-bond acceptors (Lipinski definition) is 2. The lowest BCUT2D eigenvalue weighted by atomic mass is 9.88. The van der Waals surface area contributed by atoms with Gasteiger partial charge in [0, 0.05) is 11.7 Å². The molecule has 0 bridgehead atoms. The molecular weight excluding hydrogens is 393 g/mol. The van der Waals surface area contributed by atoms with Crippen LogP contribution in [-0.2, 0) is 5.54 Å². The van der Waals surface area contributed by atoms with Gasteiger partial charge in [0.2, 0.25) is 0 Å². The van der Waals surface area contributed by atoms with Crippen LogP contribution in [-0.4, -0.2) is 18.0 Å². The van der Waals surface area contributed by atoms with Crippen LogP contribution in [0.1, 0.15) is 54.4 Å². The third kappa shape index (κ3) is 4.53. The fourth-order valence-electron chi connectivity index (χ4n) is 3.88. The zero-order valence-electron chi connectivity index (χ0n) is 15.9. The summed E-state index contributed by atoms with van der Waals surface area (Å²) in [4.78, 5) is 25.1. The maximum absolute atomic E-state index is 13.3.